The van der Waals surface area contributed by atoms with Crippen LogP contribution < -0.4 is 5.43 Å². The van der Waals surface area contributed by atoms with Crippen LogP contribution in [0.2, 0.25) is 0 Å². The summed E-state index contributed by atoms with van der Waals surface area (Å²) < 4.78 is 0. The minimum atomic E-state index is -1.32. The Hall–Kier alpha value is -2.86. The molecule has 108 valence electrons. The van der Waals surface area contributed by atoms with Crippen molar-refractivity contribution < 1.29 is 20.1 Å². The molecule has 0 aliphatic rings. The van der Waals surface area contributed by atoms with E-state index in [4.69, 9.17) is 5.11 Å². The van der Waals surface area contributed by atoms with E-state index in [1.54, 1.807) is 30.3 Å². The van der Waals surface area contributed by atoms with Crippen LogP contribution in [0.5, 0.6) is 11.5 Å². The van der Waals surface area contributed by atoms with Crippen LogP contribution in [-0.4, -0.2) is 27.4 Å². The lowest BCUT2D eigenvalue weighted by atomic mass is 10.1. The minimum Gasteiger partial charge on any atom is -0.508 e. The Morgan fingerprint density at radius 2 is 1.86 bits per heavy atom. The van der Waals surface area contributed by atoms with Crippen molar-refractivity contribution in [3.8, 4) is 11.5 Å². The number of aromatic hydroxyl groups is 2. The molecule has 0 heterocycles. The zero-order valence-electron chi connectivity index (χ0n) is 11.0. The molecule has 0 saturated heterocycles. The second-order valence-corrected chi connectivity index (χ2v) is 4.29. The lowest BCUT2D eigenvalue weighted by Crippen LogP contribution is -2.25. The van der Waals surface area contributed by atoms with Gasteiger partial charge in [-0.25, -0.2) is 5.43 Å². The highest BCUT2D eigenvalue weighted by Crippen LogP contribution is 2.20. The van der Waals surface area contributed by atoms with E-state index in [1.807, 2.05) is 0 Å². The fourth-order valence-electron chi connectivity index (χ4n) is 1.65. The van der Waals surface area contributed by atoms with Crippen molar-refractivity contribution >= 4 is 12.1 Å². The van der Waals surface area contributed by atoms with E-state index in [9.17, 15) is 15.0 Å². The normalized spacial score (nSPS) is 12.2. The van der Waals surface area contributed by atoms with Crippen LogP contribution in [-0.2, 0) is 4.79 Å². The maximum atomic E-state index is 11.7. The second kappa shape index (κ2) is 6.53. The predicted octanol–water partition coefficient (Wildman–Crippen LogP) is 1.28. The Morgan fingerprint density at radius 3 is 2.52 bits per heavy atom. The topological polar surface area (TPSA) is 102 Å². The molecule has 2 aromatic carbocycles. The van der Waals surface area contributed by atoms with Crippen LogP contribution in [0.4, 0.5) is 0 Å². The number of nitrogens with one attached hydrogen (secondary N) is 1. The molecule has 0 aliphatic heterocycles. The van der Waals surface area contributed by atoms with Crippen molar-refractivity contribution in [1.82, 2.24) is 5.43 Å². The maximum absolute atomic E-state index is 11.7. The number of carbonyl (C=O) groups is 1. The molecule has 0 bridgehead atoms. The maximum Gasteiger partial charge on any atom is 0.273 e. The third-order valence-corrected chi connectivity index (χ3v) is 2.76. The molecule has 21 heavy (non-hydrogen) atoms. The van der Waals surface area contributed by atoms with E-state index < -0.39 is 12.0 Å². The molecule has 2 aromatic rings. The molecule has 1 atom stereocenters. The van der Waals surface area contributed by atoms with E-state index in [1.165, 1.54) is 18.3 Å². The summed E-state index contributed by atoms with van der Waals surface area (Å²) in [6, 6.07) is 12.4. The van der Waals surface area contributed by atoms with Crippen molar-refractivity contribution in [1.29, 1.82) is 0 Å². The number of hydrogen-bond acceptors (Lipinski definition) is 5. The smallest absolute Gasteiger partial charge is 0.273 e. The fourth-order valence-corrected chi connectivity index (χ4v) is 1.65. The van der Waals surface area contributed by atoms with Crippen LogP contribution in [0.1, 0.15) is 17.2 Å². The van der Waals surface area contributed by atoms with Crippen molar-refractivity contribution in [2.24, 2.45) is 5.10 Å². The number of phenolic OH excluding ortho intramolecular Hbond substituents is 2. The van der Waals surface area contributed by atoms with Gasteiger partial charge >= 0.3 is 0 Å². The highest BCUT2D eigenvalue weighted by molar-refractivity contribution is 5.86. The SMILES string of the molecule is O=C(NN=Cc1ccc(O)cc1O)C(O)c1ccccc1. The van der Waals surface area contributed by atoms with Gasteiger partial charge in [0.1, 0.15) is 11.5 Å². The Bertz CT molecular complexity index is 656. The van der Waals surface area contributed by atoms with Gasteiger partial charge in [0, 0.05) is 11.6 Å². The zero-order valence-corrected chi connectivity index (χ0v) is 11.0. The van der Waals surface area contributed by atoms with Crippen LogP contribution in [0, 0.1) is 0 Å². The Morgan fingerprint density at radius 1 is 1.14 bits per heavy atom. The number of phenols is 2. The lowest BCUT2D eigenvalue weighted by molar-refractivity contribution is -0.129. The molecule has 1 amide bonds. The van der Waals surface area contributed by atoms with E-state index in [0.29, 0.717) is 11.1 Å². The number of benzene rings is 2. The van der Waals surface area contributed by atoms with Crippen molar-refractivity contribution in [3.63, 3.8) is 0 Å². The Kier molecular flexibility index (Phi) is 4.53. The summed E-state index contributed by atoms with van der Waals surface area (Å²) in [5.74, 6) is -0.930. The number of nitrogens with zero attached hydrogens (tertiary/aromatic N) is 1. The molecule has 1 unspecified atom stereocenters. The van der Waals surface area contributed by atoms with Gasteiger partial charge in [-0.2, -0.15) is 5.10 Å². The number of rotatable bonds is 4. The van der Waals surface area contributed by atoms with Crippen molar-refractivity contribution in [2.45, 2.75) is 6.10 Å². The van der Waals surface area contributed by atoms with Crippen molar-refractivity contribution in [2.75, 3.05) is 0 Å². The molecule has 0 spiro atoms. The molecular formula is C15H14N2O4. The summed E-state index contributed by atoms with van der Waals surface area (Å²) in [5, 5.41) is 32.1. The fraction of sp³-hybridized carbons (Fsp3) is 0.0667. The number of aliphatic hydroxyl groups is 1. The lowest BCUT2D eigenvalue weighted by Gasteiger charge is -2.08. The molecule has 0 radical (unpaired) electrons. The third kappa shape index (κ3) is 3.80. The number of hydrogen-bond donors (Lipinski definition) is 4. The zero-order chi connectivity index (χ0) is 15.2. The molecule has 6 heteroatoms. The van der Waals surface area contributed by atoms with Crippen LogP contribution in [0.15, 0.2) is 53.6 Å². The molecule has 6 nitrogen and oxygen atoms in total. The summed E-state index contributed by atoms with van der Waals surface area (Å²) in [5.41, 5.74) is 2.96. The van der Waals surface area contributed by atoms with Crippen LogP contribution in [0.25, 0.3) is 0 Å². The third-order valence-electron chi connectivity index (χ3n) is 2.76. The van der Waals surface area contributed by atoms with Gasteiger partial charge in [0.05, 0.1) is 6.21 Å². The largest absolute Gasteiger partial charge is 0.508 e. The average Bonchev–Trinajstić information content (AvgIpc) is 2.49. The number of carbonyl (C=O) groups excluding carboxylic acids is 1. The second-order valence-electron chi connectivity index (χ2n) is 4.29. The first-order valence-corrected chi connectivity index (χ1v) is 6.16. The van der Waals surface area contributed by atoms with Crippen LogP contribution in [0.3, 0.4) is 0 Å². The summed E-state index contributed by atoms with van der Waals surface area (Å²) in [6.07, 6.45) is -0.110. The Labute approximate surface area is 121 Å². The number of aliphatic hydroxyl groups excluding tert-OH is 1. The molecule has 2 rings (SSSR count). The standard InChI is InChI=1S/C15H14N2O4/c18-12-7-6-11(13(19)8-12)9-16-17-15(21)14(20)10-4-2-1-3-5-10/h1-9,14,18-20H,(H,17,21). The quantitative estimate of drug-likeness (QED) is 0.502. The molecule has 4 N–H and O–H groups in total. The van der Waals surface area contributed by atoms with Gasteiger partial charge in [-0.3, -0.25) is 4.79 Å². The first kappa shape index (κ1) is 14.5. The first-order chi connectivity index (χ1) is 10.1. The molecule has 0 aromatic heterocycles. The predicted molar refractivity (Wildman–Crippen MR) is 76.9 cm³/mol. The summed E-state index contributed by atoms with van der Waals surface area (Å²) >= 11 is 0. The Balaban J connectivity index is 1.99. The van der Waals surface area contributed by atoms with Gasteiger partial charge in [-0.05, 0) is 17.7 Å². The summed E-state index contributed by atoms with van der Waals surface area (Å²) in [7, 11) is 0. The number of amides is 1. The van der Waals surface area contributed by atoms with Crippen LogP contribution >= 0.6 is 0 Å². The summed E-state index contributed by atoms with van der Waals surface area (Å²) in [6.45, 7) is 0. The number of hydrazone groups is 1. The van der Waals surface area contributed by atoms with E-state index >= 15 is 0 Å². The highest BCUT2D eigenvalue weighted by Gasteiger charge is 2.15. The van der Waals surface area contributed by atoms with Gasteiger partial charge in [-0.1, -0.05) is 30.3 Å². The van der Waals surface area contributed by atoms with Gasteiger partial charge in [0.2, 0.25) is 0 Å². The molecule has 0 aliphatic carbocycles. The monoisotopic (exact) mass is 286 g/mol. The van der Waals surface area contributed by atoms with Gasteiger partial charge < -0.3 is 15.3 Å². The average molecular weight is 286 g/mol. The highest BCUT2D eigenvalue weighted by atomic mass is 16.3. The van der Waals surface area contributed by atoms with Crippen molar-refractivity contribution in [3.05, 3.63) is 59.7 Å². The van der Waals surface area contributed by atoms with Gasteiger partial charge in [-0.15, -0.1) is 0 Å². The molecule has 0 saturated carbocycles. The summed E-state index contributed by atoms with van der Waals surface area (Å²) in [4.78, 5) is 11.7. The van der Waals surface area contributed by atoms with E-state index in [-0.39, 0.29) is 11.5 Å². The minimum absolute atomic E-state index is 0.0758. The first-order valence-electron chi connectivity index (χ1n) is 6.16. The molecule has 0 fully saturated rings. The van der Waals surface area contributed by atoms with E-state index in [0.717, 1.165) is 6.07 Å². The van der Waals surface area contributed by atoms with E-state index in [2.05, 4.69) is 10.5 Å². The van der Waals surface area contributed by atoms with Gasteiger partial charge in [0.25, 0.3) is 5.91 Å². The molecular weight excluding hydrogens is 272 g/mol. The van der Waals surface area contributed by atoms with Gasteiger partial charge in [0.15, 0.2) is 6.10 Å².